The van der Waals surface area contributed by atoms with Crippen LogP contribution in [0.15, 0.2) is 47.4 Å². The summed E-state index contributed by atoms with van der Waals surface area (Å²) in [5.74, 6) is 0.202. The third-order valence-corrected chi connectivity index (χ3v) is 7.10. The van der Waals surface area contributed by atoms with Gasteiger partial charge in [-0.2, -0.15) is 4.31 Å². The largest absolute Gasteiger partial charge is 0.495 e. The summed E-state index contributed by atoms with van der Waals surface area (Å²) in [4.78, 5) is 12.6. The van der Waals surface area contributed by atoms with Crippen LogP contribution in [0.5, 0.6) is 5.75 Å². The second-order valence-corrected chi connectivity index (χ2v) is 9.38. The van der Waals surface area contributed by atoms with E-state index >= 15 is 0 Å². The fourth-order valence-electron chi connectivity index (χ4n) is 3.32. The van der Waals surface area contributed by atoms with E-state index < -0.39 is 10.0 Å². The van der Waals surface area contributed by atoms with Crippen LogP contribution in [-0.4, -0.2) is 38.8 Å². The van der Waals surface area contributed by atoms with Gasteiger partial charge in [-0.25, -0.2) is 8.42 Å². The zero-order valence-corrected chi connectivity index (χ0v) is 17.9. The van der Waals surface area contributed by atoms with Gasteiger partial charge in [-0.05, 0) is 55.2 Å². The molecule has 0 radical (unpaired) electrons. The first-order valence-corrected chi connectivity index (χ1v) is 11.4. The molecule has 2 aromatic rings. The van der Waals surface area contributed by atoms with Crippen LogP contribution in [0.3, 0.4) is 0 Å². The third-order valence-electron chi connectivity index (χ3n) is 4.95. The van der Waals surface area contributed by atoms with Gasteiger partial charge in [0.15, 0.2) is 0 Å². The molecule has 0 aliphatic carbocycles. The molecule has 1 saturated heterocycles. The van der Waals surface area contributed by atoms with E-state index in [4.69, 9.17) is 16.3 Å². The number of ether oxygens (including phenoxy) is 1. The van der Waals surface area contributed by atoms with Crippen LogP contribution in [-0.2, 0) is 21.2 Å². The number of halogens is 1. The van der Waals surface area contributed by atoms with Crippen LogP contribution in [0.25, 0.3) is 0 Å². The summed E-state index contributed by atoms with van der Waals surface area (Å²) < 4.78 is 32.7. The number of carbonyl (C=O) groups excluding carboxylic acids is 1. The van der Waals surface area contributed by atoms with Crippen LogP contribution >= 0.6 is 11.6 Å². The molecule has 8 heteroatoms. The number of nitrogens with zero attached hydrogens (tertiary/aromatic N) is 1. The minimum absolute atomic E-state index is 0.160. The zero-order valence-electron chi connectivity index (χ0n) is 16.4. The average Bonchev–Trinajstić information content (AvgIpc) is 2.74. The predicted molar refractivity (Wildman–Crippen MR) is 114 cm³/mol. The highest BCUT2D eigenvalue weighted by Gasteiger charge is 2.27. The number of benzene rings is 2. The highest BCUT2D eigenvalue weighted by atomic mass is 35.5. The van der Waals surface area contributed by atoms with E-state index in [9.17, 15) is 13.2 Å². The molecule has 1 aliphatic rings. The van der Waals surface area contributed by atoms with Crippen molar-refractivity contribution in [3.63, 3.8) is 0 Å². The molecule has 0 spiro atoms. The first kappa shape index (κ1) is 21.6. The third kappa shape index (κ3) is 5.50. The van der Waals surface area contributed by atoms with Gasteiger partial charge in [0.25, 0.3) is 0 Å². The molecule has 1 amide bonds. The molecule has 0 saturated carbocycles. The van der Waals surface area contributed by atoms with Gasteiger partial charge in [0.1, 0.15) is 5.75 Å². The molecule has 0 aromatic heterocycles. The molecule has 156 valence electrons. The quantitative estimate of drug-likeness (QED) is 0.709. The van der Waals surface area contributed by atoms with Gasteiger partial charge in [-0.3, -0.25) is 4.79 Å². The Bertz CT molecular complexity index is 955. The van der Waals surface area contributed by atoms with E-state index in [0.29, 0.717) is 36.0 Å². The lowest BCUT2D eigenvalue weighted by atomic mass is 10.1. The number of carbonyl (C=O) groups is 1. The van der Waals surface area contributed by atoms with Crippen molar-refractivity contribution in [2.45, 2.75) is 37.0 Å². The Morgan fingerprint density at radius 3 is 2.45 bits per heavy atom. The Hall–Kier alpha value is -2.09. The van der Waals surface area contributed by atoms with Gasteiger partial charge in [-0.15, -0.1) is 0 Å². The smallest absolute Gasteiger partial charge is 0.243 e. The van der Waals surface area contributed by atoms with Gasteiger partial charge >= 0.3 is 0 Å². The number of rotatable bonds is 7. The Labute approximate surface area is 176 Å². The van der Waals surface area contributed by atoms with Crippen molar-refractivity contribution in [1.82, 2.24) is 4.31 Å². The van der Waals surface area contributed by atoms with Crippen LogP contribution in [0.4, 0.5) is 5.69 Å². The standard InChI is InChI=1S/C21H25ClN2O4S/c1-28-20-11-10-18(29(26,27)24-13-3-2-4-14-24)15-19(20)23-21(25)12-7-16-5-8-17(22)9-6-16/h5-6,8-11,15H,2-4,7,12-14H2,1H3,(H,23,25). The zero-order chi connectivity index (χ0) is 20.9. The molecule has 1 N–H and O–H groups in total. The maximum absolute atomic E-state index is 12.9. The molecular weight excluding hydrogens is 412 g/mol. The van der Waals surface area contributed by atoms with Crippen molar-refractivity contribution in [3.05, 3.63) is 53.1 Å². The molecular formula is C21H25ClN2O4S. The predicted octanol–water partition coefficient (Wildman–Crippen LogP) is 4.09. The summed E-state index contributed by atoms with van der Waals surface area (Å²) >= 11 is 5.88. The van der Waals surface area contributed by atoms with Crippen molar-refractivity contribution in [3.8, 4) is 5.75 Å². The molecule has 1 heterocycles. The summed E-state index contributed by atoms with van der Waals surface area (Å²) in [5.41, 5.74) is 1.35. The SMILES string of the molecule is COc1ccc(S(=O)(=O)N2CCCCC2)cc1NC(=O)CCc1ccc(Cl)cc1. The molecule has 0 bridgehead atoms. The number of nitrogens with one attached hydrogen (secondary N) is 1. The second-order valence-electron chi connectivity index (χ2n) is 7.00. The molecule has 1 fully saturated rings. The molecule has 1 aliphatic heterocycles. The monoisotopic (exact) mass is 436 g/mol. The summed E-state index contributed by atoms with van der Waals surface area (Å²) in [7, 11) is -2.11. The number of sulfonamides is 1. The van der Waals surface area contributed by atoms with Gasteiger partial charge in [0, 0.05) is 24.5 Å². The van der Waals surface area contributed by atoms with Crippen molar-refractivity contribution >= 4 is 33.2 Å². The van der Waals surface area contributed by atoms with E-state index in [-0.39, 0.29) is 17.2 Å². The van der Waals surface area contributed by atoms with Crippen LogP contribution < -0.4 is 10.1 Å². The van der Waals surface area contributed by atoms with Crippen molar-refractivity contribution in [2.24, 2.45) is 0 Å². The highest BCUT2D eigenvalue weighted by Crippen LogP contribution is 2.30. The number of aryl methyl sites for hydroxylation is 1. The first-order chi connectivity index (χ1) is 13.9. The number of anilines is 1. The number of amides is 1. The van der Waals surface area contributed by atoms with Crippen molar-refractivity contribution in [2.75, 3.05) is 25.5 Å². The molecule has 0 atom stereocenters. The maximum Gasteiger partial charge on any atom is 0.243 e. The highest BCUT2D eigenvalue weighted by molar-refractivity contribution is 7.89. The Kier molecular flexibility index (Phi) is 7.16. The Morgan fingerprint density at radius 1 is 1.10 bits per heavy atom. The topological polar surface area (TPSA) is 75.7 Å². The normalized spacial score (nSPS) is 15.1. The summed E-state index contributed by atoms with van der Waals surface area (Å²) in [6.45, 7) is 1.05. The lowest BCUT2D eigenvalue weighted by molar-refractivity contribution is -0.116. The van der Waals surface area contributed by atoms with E-state index in [1.54, 1.807) is 18.2 Å². The number of methoxy groups -OCH3 is 1. The van der Waals surface area contributed by atoms with Crippen molar-refractivity contribution < 1.29 is 17.9 Å². The van der Waals surface area contributed by atoms with E-state index in [1.165, 1.54) is 23.5 Å². The van der Waals surface area contributed by atoms with E-state index in [2.05, 4.69) is 5.32 Å². The average molecular weight is 437 g/mol. The lowest BCUT2D eigenvalue weighted by Crippen LogP contribution is -2.35. The number of hydrogen-bond donors (Lipinski definition) is 1. The van der Waals surface area contributed by atoms with Gasteiger partial charge < -0.3 is 10.1 Å². The fourth-order valence-corrected chi connectivity index (χ4v) is 4.99. The summed E-state index contributed by atoms with van der Waals surface area (Å²) in [5, 5.41) is 3.43. The maximum atomic E-state index is 12.9. The van der Waals surface area contributed by atoms with Gasteiger partial charge in [0.05, 0.1) is 17.7 Å². The van der Waals surface area contributed by atoms with E-state index in [0.717, 1.165) is 24.8 Å². The van der Waals surface area contributed by atoms with Crippen molar-refractivity contribution in [1.29, 1.82) is 0 Å². The molecule has 2 aromatic carbocycles. The summed E-state index contributed by atoms with van der Waals surface area (Å²) in [6, 6.07) is 11.9. The van der Waals surface area contributed by atoms with Gasteiger partial charge in [0.2, 0.25) is 15.9 Å². The minimum Gasteiger partial charge on any atom is -0.495 e. The molecule has 29 heavy (non-hydrogen) atoms. The Morgan fingerprint density at radius 2 is 1.79 bits per heavy atom. The summed E-state index contributed by atoms with van der Waals surface area (Å²) in [6.07, 6.45) is 3.59. The van der Waals surface area contributed by atoms with Crippen LogP contribution in [0.1, 0.15) is 31.2 Å². The molecule has 0 unspecified atom stereocenters. The van der Waals surface area contributed by atoms with Crippen LogP contribution in [0.2, 0.25) is 5.02 Å². The fraction of sp³-hybridized carbons (Fsp3) is 0.381. The second kappa shape index (κ2) is 9.61. The van der Waals surface area contributed by atoms with Gasteiger partial charge in [-0.1, -0.05) is 30.2 Å². The molecule has 6 nitrogen and oxygen atoms in total. The lowest BCUT2D eigenvalue weighted by Gasteiger charge is -2.26. The Balaban J connectivity index is 1.72. The number of piperidine rings is 1. The minimum atomic E-state index is -3.59. The number of hydrogen-bond acceptors (Lipinski definition) is 4. The van der Waals surface area contributed by atoms with Crippen LogP contribution in [0, 0.1) is 0 Å². The van der Waals surface area contributed by atoms with E-state index in [1.807, 2.05) is 12.1 Å². The molecule has 3 rings (SSSR count). The first-order valence-electron chi connectivity index (χ1n) is 9.62.